The van der Waals surface area contributed by atoms with Crippen LogP contribution in [0.3, 0.4) is 0 Å². The third-order valence-electron chi connectivity index (χ3n) is 2.88. The fourth-order valence-electron chi connectivity index (χ4n) is 1.94. The van der Waals surface area contributed by atoms with E-state index in [0.29, 0.717) is 12.4 Å². The lowest BCUT2D eigenvalue weighted by atomic mass is 10.1. The molecule has 0 saturated carbocycles. The number of ether oxygens (including phenoxy) is 1. The molecule has 0 aromatic carbocycles. The zero-order valence-corrected chi connectivity index (χ0v) is 10.2. The molecular formula is C12H17N3O2. The van der Waals surface area contributed by atoms with Gasteiger partial charge < -0.3 is 9.64 Å². The molecule has 1 amide bonds. The van der Waals surface area contributed by atoms with Crippen molar-refractivity contribution in [1.29, 1.82) is 0 Å². The maximum absolute atomic E-state index is 11.3. The molecule has 0 N–H and O–H groups in total. The van der Waals surface area contributed by atoms with Crippen LogP contribution >= 0.6 is 0 Å². The van der Waals surface area contributed by atoms with Crippen LogP contribution < -0.4 is 4.74 Å². The van der Waals surface area contributed by atoms with Gasteiger partial charge in [-0.3, -0.25) is 4.79 Å². The van der Waals surface area contributed by atoms with E-state index in [-0.39, 0.29) is 12.0 Å². The number of carbonyl (C=O) groups is 1. The van der Waals surface area contributed by atoms with Gasteiger partial charge in [0.2, 0.25) is 11.8 Å². The lowest BCUT2D eigenvalue weighted by molar-refractivity contribution is -0.131. The Hall–Kier alpha value is -1.65. The largest absolute Gasteiger partial charge is 0.471 e. The average Bonchev–Trinajstić information content (AvgIpc) is 2.32. The molecule has 5 heteroatoms. The number of amides is 1. The van der Waals surface area contributed by atoms with E-state index in [1.165, 1.54) is 0 Å². The second-order valence-corrected chi connectivity index (χ2v) is 4.36. The van der Waals surface area contributed by atoms with Crippen LogP contribution in [0.1, 0.15) is 25.5 Å². The van der Waals surface area contributed by atoms with E-state index in [0.717, 1.165) is 25.1 Å². The summed E-state index contributed by atoms with van der Waals surface area (Å²) in [6.07, 6.45) is 1.97. The first kappa shape index (κ1) is 11.8. The quantitative estimate of drug-likeness (QED) is 0.772. The van der Waals surface area contributed by atoms with E-state index >= 15 is 0 Å². The number of hydrogen-bond acceptors (Lipinski definition) is 4. The SMILES string of the molecule is CC(=O)N1CCCC(Oc2ccc(C)nn2)C1. The van der Waals surface area contributed by atoms with Gasteiger partial charge in [-0.2, -0.15) is 5.10 Å². The highest BCUT2D eigenvalue weighted by Gasteiger charge is 2.23. The van der Waals surface area contributed by atoms with Gasteiger partial charge in [-0.1, -0.05) is 0 Å². The monoisotopic (exact) mass is 235 g/mol. The minimum absolute atomic E-state index is 0.0321. The van der Waals surface area contributed by atoms with E-state index in [2.05, 4.69) is 10.2 Å². The number of aryl methyl sites for hydroxylation is 1. The van der Waals surface area contributed by atoms with Crippen molar-refractivity contribution in [2.45, 2.75) is 32.8 Å². The van der Waals surface area contributed by atoms with Crippen molar-refractivity contribution in [2.75, 3.05) is 13.1 Å². The lowest BCUT2D eigenvalue weighted by Crippen LogP contribution is -2.43. The molecule has 92 valence electrons. The number of carbonyl (C=O) groups excluding carboxylic acids is 1. The molecule has 1 fully saturated rings. The number of hydrogen-bond donors (Lipinski definition) is 0. The molecule has 1 aliphatic rings. The normalized spacial score (nSPS) is 20.1. The molecule has 17 heavy (non-hydrogen) atoms. The topological polar surface area (TPSA) is 55.3 Å². The van der Waals surface area contributed by atoms with Crippen molar-refractivity contribution in [1.82, 2.24) is 15.1 Å². The first-order valence-corrected chi connectivity index (χ1v) is 5.87. The van der Waals surface area contributed by atoms with E-state index in [9.17, 15) is 4.79 Å². The number of nitrogens with zero attached hydrogens (tertiary/aromatic N) is 3. The van der Waals surface area contributed by atoms with Crippen molar-refractivity contribution < 1.29 is 9.53 Å². The Morgan fingerprint density at radius 1 is 1.47 bits per heavy atom. The zero-order valence-electron chi connectivity index (χ0n) is 10.2. The molecule has 0 spiro atoms. The molecule has 1 atom stereocenters. The van der Waals surface area contributed by atoms with E-state index in [1.54, 1.807) is 6.92 Å². The number of rotatable bonds is 2. The smallest absolute Gasteiger partial charge is 0.233 e. The second-order valence-electron chi connectivity index (χ2n) is 4.36. The second kappa shape index (κ2) is 5.12. The van der Waals surface area contributed by atoms with Crippen LogP contribution in [-0.4, -0.2) is 40.2 Å². The van der Waals surface area contributed by atoms with Crippen LogP contribution in [0.15, 0.2) is 12.1 Å². The summed E-state index contributed by atoms with van der Waals surface area (Å²) in [6.45, 7) is 4.95. The number of piperidine rings is 1. The fraction of sp³-hybridized carbons (Fsp3) is 0.583. The molecule has 5 nitrogen and oxygen atoms in total. The summed E-state index contributed by atoms with van der Waals surface area (Å²) in [4.78, 5) is 13.1. The average molecular weight is 235 g/mol. The van der Waals surface area contributed by atoms with Crippen molar-refractivity contribution >= 4 is 5.91 Å². The predicted octanol–water partition coefficient (Wildman–Crippen LogP) is 1.17. The summed E-state index contributed by atoms with van der Waals surface area (Å²) >= 11 is 0. The first-order chi connectivity index (χ1) is 8.15. The Morgan fingerprint density at radius 3 is 2.94 bits per heavy atom. The highest BCUT2D eigenvalue weighted by Crippen LogP contribution is 2.16. The Morgan fingerprint density at radius 2 is 2.29 bits per heavy atom. The van der Waals surface area contributed by atoms with Crippen LogP contribution in [0.5, 0.6) is 5.88 Å². The van der Waals surface area contributed by atoms with Gasteiger partial charge in [0.1, 0.15) is 6.10 Å². The van der Waals surface area contributed by atoms with Gasteiger partial charge in [-0.25, -0.2) is 0 Å². The van der Waals surface area contributed by atoms with Crippen molar-refractivity contribution in [3.63, 3.8) is 0 Å². The molecule has 1 unspecified atom stereocenters. The van der Waals surface area contributed by atoms with Gasteiger partial charge in [-0.05, 0) is 25.8 Å². The molecular weight excluding hydrogens is 218 g/mol. The van der Waals surface area contributed by atoms with Crippen LogP contribution in [-0.2, 0) is 4.79 Å². The number of likely N-dealkylation sites (tertiary alicyclic amines) is 1. The summed E-state index contributed by atoms with van der Waals surface area (Å²) in [6, 6.07) is 3.68. The fourth-order valence-corrected chi connectivity index (χ4v) is 1.94. The summed E-state index contributed by atoms with van der Waals surface area (Å²) in [5.74, 6) is 0.638. The summed E-state index contributed by atoms with van der Waals surface area (Å²) < 4.78 is 5.72. The van der Waals surface area contributed by atoms with Gasteiger partial charge in [-0.15, -0.1) is 5.10 Å². The molecule has 1 aliphatic heterocycles. The molecule has 2 rings (SSSR count). The zero-order chi connectivity index (χ0) is 12.3. The standard InChI is InChI=1S/C12H17N3O2/c1-9-5-6-12(14-13-9)17-11-4-3-7-15(8-11)10(2)16/h5-6,11H,3-4,7-8H2,1-2H3. The van der Waals surface area contributed by atoms with Crippen molar-refractivity contribution in [3.05, 3.63) is 17.8 Å². The summed E-state index contributed by atoms with van der Waals surface area (Å²) in [7, 11) is 0. The third-order valence-corrected chi connectivity index (χ3v) is 2.88. The molecule has 1 saturated heterocycles. The van der Waals surface area contributed by atoms with E-state index < -0.39 is 0 Å². The van der Waals surface area contributed by atoms with Crippen molar-refractivity contribution in [3.8, 4) is 5.88 Å². The predicted molar refractivity (Wildman–Crippen MR) is 62.7 cm³/mol. The molecule has 1 aromatic heterocycles. The molecule has 0 radical (unpaired) electrons. The third kappa shape index (κ3) is 3.15. The van der Waals surface area contributed by atoms with Gasteiger partial charge in [0, 0.05) is 19.5 Å². The van der Waals surface area contributed by atoms with Gasteiger partial charge in [0.15, 0.2) is 0 Å². The minimum Gasteiger partial charge on any atom is -0.471 e. The number of aromatic nitrogens is 2. The molecule has 0 aliphatic carbocycles. The lowest BCUT2D eigenvalue weighted by Gasteiger charge is -2.31. The highest BCUT2D eigenvalue weighted by atomic mass is 16.5. The molecule has 1 aromatic rings. The van der Waals surface area contributed by atoms with Gasteiger partial charge in [0.05, 0.1) is 12.2 Å². The minimum atomic E-state index is 0.0321. The first-order valence-electron chi connectivity index (χ1n) is 5.87. The van der Waals surface area contributed by atoms with Crippen LogP contribution in [0, 0.1) is 6.92 Å². The maximum Gasteiger partial charge on any atom is 0.233 e. The van der Waals surface area contributed by atoms with Crippen molar-refractivity contribution in [2.24, 2.45) is 0 Å². The molecule has 0 bridgehead atoms. The molecule has 2 heterocycles. The van der Waals surface area contributed by atoms with Crippen LogP contribution in [0.4, 0.5) is 0 Å². The summed E-state index contributed by atoms with van der Waals surface area (Å²) in [5.41, 5.74) is 0.867. The Labute approximate surface area is 101 Å². The van der Waals surface area contributed by atoms with Crippen LogP contribution in [0.2, 0.25) is 0 Å². The Kier molecular flexibility index (Phi) is 3.56. The highest BCUT2D eigenvalue weighted by molar-refractivity contribution is 5.73. The van der Waals surface area contributed by atoms with E-state index in [1.807, 2.05) is 24.0 Å². The Balaban J connectivity index is 1.94. The van der Waals surface area contributed by atoms with Crippen LogP contribution in [0.25, 0.3) is 0 Å². The van der Waals surface area contributed by atoms with E-state index in [4.69, 9.17) is 4.74 Å². The Bertz CT molecular complexity index is 391. The van der Waals surface area contributed by atoms with Gasteiger partial charge in [0.25, 0.3) is 0 Å². The van der Waals surface area contributed by atoms with Gasteiger partial charge >= 0.3 is 0 Å². The maximum atomic E-state index is 11.3. The summed E-state index contributed by atoms with van der Waals surface area (Å²) in [5, 5.41) is 7.91.